The Morgan fingerprint density at radius 1 is 1.22 bits per heavy atom. The minimum absolute atomic E-state index is 0.0869. The summed E-state index contributed by atoms with van der Waals surface area (Å²) in [5.41, 5.74) is 0.251. The number of benzene rings is 1. The lowest BCUT2D eigenvalue weighted by atomic mass is 10.1. The van der Waals surface area contributed by atoms with E-state index in [-0.39, 0.29) is 11.3 Å². The quantitative estimate of drug-likeness (QED) is 0.834. The lowest BCUT2D eigenvalue weighted by Gasteiger charge is -1.93. The zero-order valence-electron chi connectivity index (χ0n) is 8.88. The van der Waals surface area contributed by atoms with Crippen LogP contribution < -0.4 is 0 Å². The van der Waals surface area contributed by atoms with Crippen molar-refractivity contribution in [1.29, 1.82) is 0 Å². The molecule has 0 fully saturated rings. The van der Waals surface area contributed by atoms with E-state index in [9.17, 15) is 9.59 Å². The van der Waals surface area contributed by atoms with E-state index < -0.39 is 17.0 Å². The molecule has 0 radical (unpaired) electrons. The molecule has 0 spiro atoms. The van der Waals surface area contributed by atoms with Crippen molar-refractivity contribution < 1.29 is 24.2 Å². The molecule has 0 saturated carbocycles. The van der Waals surface area contributed by atoms with Crippen molar-refractivity contribution in [2.24, 2.45) is 0 Å². The fraction of sp³-hybridized carbons (Fsp3) is 0. The fourth-order valence-corrected chi connectivity index (χ4v) is 1.66. The van der Waals surface area contributed by atoms with Crippen LogP contribution in [0.1, 0.15) is 16.1 Å². The summed E-state index contributed by atoms with van der Waals surface area (Å²) in [5.74, 6) is -2.65. The average molecular weight is 267 g/mol. The first-order chi connectivity index (χ1) is 8.50. The van der Waals surface area contributed by atoms with E-state index in [1.165, 1.54) is 0 Å². The van der Waals surface area contributed by atoms with Crippen LogP contribution in [-0.4, -0.2) is 22.2 Å². The van der Waals surface area contributed by atoms with Gasteiger partial charge in [-0.25, -0.2) is 9.59 Å². The van der Waals surface area contributed by atoms with Crippen LogP contribution in [0.5, 0.6) is 0 Å². The van der Waals surface area contributed by atoms with E-state index in [4.69, 9.17) is 26.2 Å². The molecule has 0 amide bonds. The highest BCUT2D eigenvalue weighted by atomic mass is 35.5. The molecule has 2 aromatic rings. The van der Waals surface area contributed by atoms with E-state index in [1.807, 2.05) is 0 Å². The summed E-state index contributed by atoms with van der Waals surface area (Å²) in [6.45, 7) is 0. The van der Waals surface area contributed by atoms with Crippen LogP contribution in [0, 0.1) is 0 Å². The molecule has 5 nitrogen and oxygen atoms in total. The summed E-state index contributed by atoms with van der Waals surface area (Å²) in [6.07, 6.45) is 0.980. The number of carboxylic acids is 2. The SMILES string of the molecule is O=C(O)C(Cl)=Cc1oc2ccccc2c1C(=O)O. The van der Waals surface area contributed by atoms with Gasteiger partial charge in [0, 0.05) is 11.5 Å². The van der Waals surface area contributed by atoms with Crippen LogP contribution in [-0.2, 0) is 4.79 Å². The number of para-hydroxylation sites is 1. The van der Waals surface area contributed by atoms with Crippen LogP contribution in [0.25, 0.3) is 17.0 Å². The van der Waals surface area contributed by atoms with Gasteiger partial charge in [-0.3, -0.25) is 0 Å². The van der Waals surface area contributed by atoms with Gasteiger partial charge in [0.15, 0.2) is 0 Å². The second-order valence-electron chi connectivity index (χ2n) is 3.44. The molecule has 0 aliphatic carbocycles. The Hall–Kier alpha value is -2.27. The predicted molar refractivity (Wildman–Crippen MR) is 64.6 cm³/mol. The Morgan fingerprint density at radius 3 is 2.50 bits per heavy atom. The van der Waals surface area contributed by atoms with Crippen LogP contribution in [0.3, 0.4) is 0 Å². The molecule has 0 aliphatic heterocycles. The highest BCUT2D eigenvalue weighted by Crippen LogP contribution is 2.28. The van der Waals surface area contributed by atoms with E-state index in [0.29, 0.717) is 11.0 Å². The van der Waals surface area contributed by atoms with Crippen molar-refractivity contribution in [2.45, 2.75) is 0 Å². The van der Waals surface area contributed by atoms with Gasteiger partial charge in [-0.05, 0) is 6.07 Å². The highest BCUT2D eigenvalue weighted by Gasteiger charge is 2.19. The molecule has 0 bridgehead atoms. The fourth-order valence-electron chi connectivity index (χ4n) is 1.56. The monoisotopic (exact) mass is 266 g/mol. The van der Waals surface area contributed by atoms with Gasteiger partial charge in [0.25, 0.3) is 0 Å². The number of rotatable bonds is 3. The molecular formula is C12H7ClO5. The Kier molecular flexibility index (Phi) is 3.08. The Morgan fingerprint density at radius 2 is 1.89 bits per heavy atom. The normalized spacial score (nSPS) is 11.7. The number of furan rings is 1. The van der Waals surface area contributed by atoms with E-state index in [1.54, 1.807) is 24.3 Å². The summed E-state index contributed by atoms with van der Waals surface area (Å²) in [5, 5.41) is 17.7. The van der Waals surface area contributed by atoms with Crippen molar-refractivity contribution in [3.63, 3.8) is 0 Å². The third kappa shape index (κ3) is 2.08. The molecule has 92 valence electrons. The van der Waals surface area contributed by atoms with Gasteiger partial charge in [0.1, 0.15) is 21.9 Å². The summed E-state index contributed by atoms with van der Waals surface area (Å²) in [6, 6.07) is 6.52. The number of aliphatic carboxylic acids is 1. The molecule has 1 heterocycles. The lowest BCUT2D eigenvalue weighted by Crippen LogP contribution is -1.98. The maximum absolute atomic E-state index is 11.2. The Balaban J connectivity index is 2.71. The molecule has 1 aromatic carbocycles. The third-order valence-corrected chi connectivity index (χ3v) is 2.57. The van der Waals surface area contributed by atoms with Gasteiger partial charge in [-0.15, -0.1) is 0 Å². The van der Waals surface area contributed by atoms with Crippen LogP contribution >= 0.6 is 11.6 Å². The van der Waals surface area contributed by atoms with Crippen LogP contribution in [0.15, 0.2) is 33.7 Å². The summed E-state index contributed by atoms with van der Waals surface area (Å²) in [7, 11) is 0. The van der Waals surface area contributed by atoms with Crippen molar-refractivity contribution in [3.8, 4) is 0 Å². The smallest absolute Gasteiger partial charge is 0.347 e. The first-order valence-electron chi connectivity index (χ1n) is 4.86. The van der Waals surface area contributed by atoms with Crippen molar-refractivity contribution >= 4 is 40.6 Å². The molecule has 0 atom stereocenters. The second-order valence-corrected chi connectivity index (χ2v) is 3.85. The van der Waals surface area contributed by atoms with Gasteiger partial charge in [0.2, 0.25) is 0 Å². The molecule has 1 aromatic heterocycles. The molecule has 18 heavy (non-hydrogen) atoms. The van der Waals surface area contributed by atoms with E-state index in [0.717, 1.165) is 6.08 Å². The van der Waals surface area contributed by atoms with E-state index >= 15 is 0 Å². The van der Waals surface area contributed by atoms with Crippen LogP contribution in [0.2, 0.25) is 0 Å². The van der Waals surface area contributed by atoms with Gasteiger partial charge in [0.05, 0.1) is 0 Å². The first kappa shape index (κ1) is 12.2. The Labute approximate surface area is 106 Å². The number of fused-ring (bicyclic) bond motifs is 1. The number of carbonyl (C=O) groups is 2. The lowest BCUT2D eigenvalue weighted by molar-refractivity contribution is -0.131. The zero-order chi connectivity index (χ0) is 13.3. The molecule has 6 heteroatoms. The maximum Gasteiger partial charge on any atom is 0.347 e. The minimum Gasteiger partial charge on any atom is -0.478 e. The van der Waals surface area contributed by atoms with Gasteiger partial charge < -0.3 is 14.6 Å². The van der Waals surface area contributed by atoms with Gasteiger partial charge in [-0.1, -0.05) is 29.8 Å². The summed E-state index contributed by atoms with van der Waals surface area (Å²) < 4.78 is 5.28. The van der Waals surface area contributed by atoms with E-state index in [2.05, 4.69) is 0 Å². The van der Waals surface area contributed by atoms with Gasteiger partial charge >= 0.3 is 11.9 Å². The summed E-state index contributed by atoms with van der Waals surface area (Å²) >= 11 is 5.46. The maximum atomic E-state index is 11.2. The standard InChI is InChI=1S/C12H7ClO5/c13-7(11(14)15)5-9-10(12(16)17)6-3-1-2-4-8(6)18-9/h1-5H,(H,14,15)(H,16,17). The number of carboxylic acid groups (broad SMARTS) is 2. The number of halogens is 1. The average Bonchev–Trinajstić information content (AvgIpc) is 2.66. The minimum atomic E-state index is -1.35. The predicted octanol–water partition coefficient (Wildman–Crippen LogP) is 2.80. The first-order valence-corrected chi connectivity index (χ1v) is 5.24. The molecule has 0 aliphatic rings. The second kappa shape index (κ2) is 4.54. The number of aromatic carboxylic acids is 1. The third-order valence-electron chi connectivity index (χ3n) is 2.30. The van der Waals surface area contributed by atoms with Crippen molar-refractivity contribution in [2.75, 3.05) is 0 Å². The zero-order valence-corrected chi connectivity index (χ0v) is 9.64. The van der Waals surface area contributed by atoms with Crippen LogP contribution in [0.4, 0.5) is 0 Å². The van der Waals surface area contributed by atoms with Crippen molar-refractivity contribution in [3.05, 3.63) is 40.6 Å². The molecule has 2 N–H and O–H groups in total. The largest absolute Gasteiger partial charge is 0.478 e. The molecular weight excluding hydrogens is 260 g/mol. The molecule has 2 rings (SSSR count). The van der Waals surface area contributed by atoms with Gasteiger partial charge in [-0.2, -0.15) is 0 Å². The Bertz CT molecular complexity index is 668. The summed E-state index contributed by atoms with van der Waals surface area (Å²) in [4.78, 5) is 21.8. The molecule has 0 saturated heterocycles. The van der Waals surface area contributed by atoms with Crippen molar-refractivity contribution in [1.82, 2.24) is 0 Å². The molecule has 0 unspecified atom stereocenters. The topological polar surface area (TPSA) is 87.7 Å². The number of hydrogen-bond acceptors (Lipinski definition) is 3. The highest BCUT2D eigenvalue weighted by molar-refractivity contribution is 6.43. The number of hydrogen-bond donors (Lipinski definition) is 2.